The van der Waals surface area contributed by atoms with Crippen molar-refractivity contribution in [3.05, 3.63) is 131 Å². The van der Waals surface area contributed by atoms with Gasteiger partial charge in [0.15, 0.2) is 0 Å². The van der Waals surface area contributed by atoms with Gasteiger partial charge in [0.25, 0.3) is 0 Å². The molecule has 2 amide bonds. The molecule has 0 aromatic heterocycles. The number of carboxylic acid groups (broad SMARTS) is 1. The minimum absolute atomic E-state index is 0.0419. The van der Waals surface area contributed by atoms with E-state index in [9.17, 15) is 24.6 Å². The second-order valence-electron chi connectivity index (χ2n) is 11.2. The van der Waals surface area contributed by atoms with Crippen LogP contribution in [0.2, 0.25) is 0 Å². The number of aromatic hydroxyl groups is 1. The second-order valence-corrected chi connectivity index (χ2v) is 11.2. The van der Waals surface area contributed by atoms with E-state index in [-0.39, 0.29) is 12.2 Å². The first kappa shape index (κ1) is 28.1. The first-order valence-electron chi connectivity index (χ1n) is 14.4. The van der Waals surface area contributed by atoms with Crippen LogP contribution in [-0.4, -0.2) is 33.5 Å². The molecule has 43 heavy (non-hydrogen) atoms. The molecule has 0 aliphatic carbocycles. The van der Waals surface area contributed by atoms with Crippen molar-refractivity contribution in [2.75, 3.05) is 4.90 Å². The summed E-state index contributed by atoms with van der Waals surface area (Å²) < 4.78 is 0. The molecule has 0 saturated carbocycles. The van der Waals surface area contributed by atoms with Gasteiger partial charge in [-0.25, -0.2) is 4.90 Å². The van der Waals surface area contributed by atoms with Crippen LogP contribution in [0.4, 0.5) is 5.69 Å². The van der Waals surface area contributed by atoms with Crippen molar-refractivity contribution in [2.24, 2.45) is 11.8 Å². The second kappa shape index (κ2) is 11.3. The fourth-order valence-electron chi connectivity index (χ4n) is 6.37. The summed E-state index contributed by atoms with van der Waals surface area (Å²) in [4.78, 5) is 42.5. The lowest BCUT2D eigenvalue weighted by Crippen LogP contribution is -2.57. The summed E-state index contributed by atoms with van der Waals surface area (Å²) in [5.41, 5.74) is 3.12. The molecule has 6 rings (SSSR count). The molecular weight excluding hydrogens is 540 g/mol. The average molecular weight is 573 g/mol. The van der Waals surface area contributed by atoms with E-state index in [1.807, 2.05) is 85.8 Å². The summed E-state index contributed by atoms with van der Waals surface area (Å²) in [6.07, 6.45) is 4.76. The molecule has 7 nitrogen and oxygen atoms in total. The number of carbonyl (C=O) groups is 3. The third kappa shape index (κ3) is 5.13. The zero-order valence-electron chi connectivity index (χ0n) is 23.7. The van der Waals surface area contributed by atoms with Gasteiger partial charge in [-0.2, -0.15) is 0 Å². The molecule has 0 radical (unpaired) electrons. The van der Waals surface area contributed by atoms with E-state index in [2.05, 4.69) is 5.32 Å². The summed E-state index contributed by atoms with van der Waals surface area (Å²) >= 11 is 0. The van der Waals surface area contributed by atoms with Gasteiger partial charge in [0.2, 0.25) is 11.8 Å². The number of aliphatic carboxylic acids is 1. The summed E-state index contributed by atoms with van der Waals surface area (Å²) in [7, 11) is 0. The van der Waals surface area contributed by atoms with Crippen molar-refractivity contribution in [1.82, 2.24) is 5.32 Å². The Labute approximate surface area is 250 Å². The highest BCUT2D eigenvalue weighted by molar-refractivity contribution is 6.24. The van der Waals surface area contributed by atoms with Gasteiger partial charge in [0.1, 0.15) is 11.3 Å². The zero-order valence-corrected chi connectivity index (χ0v) is 23.7. The number of carbonyl (C=O) groups excluding carboxylic acids is 2. The van der Waals surface area contributed by atoms with Crippen LogP contribution < -0.4 is 10.2 Å². The Morgan fingerprint density at radius 1 is 0.814 bits per heavy atom. The van der Waals surface area contributed by atoms with Crippen LogP contribution in [0.1, 0.15) is 40.8 Å². The summed E-state index contributed by atoms with van der Waals surface area (Å²) in [5, 5.41) is 23.8. The highest BCUT2D eigenvalue weighted by Gasteiger charge is 2.68. The van der Waals surface area contributed by atoms with E-state index in [1.165, 1.54) is 12.1 Å². The molecule has 2 aliphatic rings. The smallest absolute Gasteiger partial charge is 0.325 e. The first-order valence-corrected chi connectivity index (χ1v) is 14.4. The van der Waals surface area contributed by atoms with Crippen LogP contribution >= 0.6 is 0 Å². The van der Waals surface area contributed by atoms with E-state index in [1.54, 1.807) is 24.3 Å². The number of amides is 2. The lowest BCUT2D eigenvalue weighted by atomic mass is 9.76. The number of phenolic OH excluding ortho intramolecular Hbond substituents is 1. The number of aryl methyl sites for hydroxylation is 1. The van der Waals surface area contributed by atoms with Crippen molar-refractivity contribution < 1.29 is 24.6 Å². The van der Waals surface area contributed by atoms with Crippen molar-refractivity contribution in [2.45, 2.75) is 31.3 Å². The highest BCUT2D eigenvalue weighted by atomic mass is 16.4. The van der Waals surface area contributed by atoms with Gasteiger partial charge in [0, 0.05) is 12.5 Å². The minimum atomic E-state index is -1.75. The van der Waals surface area contributed by atoms with Crippen molar-refractivity contribution in [3.63, 3.8) is 0 Å². The molecule has 4 aromatic rings. The fourth-order valence-corrected chi connectivity index (χ4v) is 6.37. The average Bonchev–Trinajstić information content (AvgIpc) is 3.51. The Balaban J connectivity index is 1.39. The molecule has 4 aromatic carbocycles. The van der Waals surface area contributed by atoms with Gasteiger partial charge >= 0.3 is 5.97 Å². The normalized spacial score (nSPS) is 23.2. The first-order chi connectivity index (χ1) is 20.8. The van der Waals surface area contributed by atoms with Gasteiger partial charge in [-0.3, -0.25) is 19.7 Å². The van der Waals surface area contributed by atoms with Gasteiger partial charge in [-0.1, -0.05) is 97.9 Å². The monoisotopic (exact) mass is 572 g/mol. The molecule has 4 atom stereocenters. The summed E-state index contributed by atoms with van der Waals surface area (Å²) in [6.45, 7) is 2.02. The molecule has 2 fully saturated rings. The molecule has 4 unspecified atom stereocenters. The fraction of sp³-hybridized carbons (Fsp3) is 0.194. The number of benzene rings is 4. The van der Waals surface area contributed by atoms with E-state index in [0.29, 0.717) is 11.3 Å². The topological polar surface area (TPSA) is 107 Å². The van der Waals surface area contributed by atoms with E-state index in [0.717, 1.165) is 33.6 Å². The largest absolute Gasteiger partial charge is 0.508 e. The lowest BCUT2D eigenvalue weighted by molar-refractivity contribution is -0.148. The molecule has 2 aliphatic heterocycles. The number of nitrogens with one attached hydrogen (secondary N) is 1. The molecule has 2 saturated heterocycles. The standard InChI is InChI=1S/C36H32N2O5/c1-2-23-12-18-28(19-13-23)38-33(40)30-31(34(38)41)36(35(42)43,22-26-14-20-29(39)21-15-26)37-32(30)27-16-10-25(11-17-27)9-8-24-6-4-3-5-7-24/h3-21,30-32,37,39H,2,22H2,1H3,(H,42,43)/b9-8+. The maximum Gasteiger partial charge on any atom is 0.325 e. The lowest BCUT2D eigenvalue weighted by Gasteiger charge is -2.31. The van der Waals surface area contributed by atoms with Crippen molar-refractivity contribution in [1.29, 1.82) is 0 Å². The summed E-state index contributed by atoms with van der Waals surface area (Å²) in [5.74, 6) is -4.16. The third-order valence-corrected chi connectivity index (χ3v) is 8.62. The van der Waals surface area contributed by atoms with Crippen molar-refractivity contribution in [3.8, 4) is 5.75 Å². The van der Waals surface area contributed by atoms with Crippen LogP contribution in [0.25, 0.3) is 12.2 Å². The maximum atomic E-state index is 14.1. The maximum absolute atomic E-state index is 14.1. The van der Waals surface area contributed by atoms with Crippen LogP contribution in [0.3, 0.4) is 0 Å². The molecular formula is C36H32N2O5. The number of rotatable bonds is 8. The number of phenols is 1. The molecule has 2 heterocycles. The number of anilines is 1. The quantitative estimate of drug-likeness (QED) is 0.186. The van der Waals surface area contributed by atoms with E-state index < -0.39 is 41.2 Å². The van der Waals surface area contributed by atoms with Crippen LogP contribution in [-0.2, 0) is 27.2 Å². The Morgan fingerprint density at radius 2 is 1.42 bits per heavy atom. The predicted molar refractivity (Wildman–Crippen MR) is 165 cm³/mol. The Morgan fingerprint density at radius 3 is 2.02 bits per heavy atom. The van der Waals surface area contributed by atoms with E-state index >= 15 is 0 Å². The van der Waals surface area contributed by atoms with Crippen LogP contribution in [0.15, 0.2) is 103 Å². The number of imide groups is 1. The van der Waals surface area contributed by atoms with Gasteiger partial charge < -0.3 is 10.2 Å². The van der Waals surface area contributed by atoms with Gasteiger partial charge in [-0.15, -0.1) is 0 Å². The number of carboxylic acids is 1. The Bertz CT molecular complexity index is 1680. The third-order valence-electron chi connectivity index (χ3n) is 8.62. The van der Waals surface area contributed by atoms with Crippen LogP contribution in [0.5, 0.6) is 5.75 Å². The highest BCUT2D eigenvalue weighted by Crippen LogP contribution is 2.51. The van der Waals surface area contributed by atoms with Crippen molar-refractivity contribution >= 4 is 35.6 Å². The van der Waals surface area contributed by atoms with Gasteiger partial charge in [0.05, 0.1) is 17.5 Å². The van der Waals surface area contributed by atoms with E-state index in [4.69, 9.17) is 0 Å². The summed E-state index contributed by atoms with van der Waals surface area (Å²) in [6, 6.07) is 30.3. The zero-order chi connectivity index (χ0) is 30.1. The molecule has 0 bridgehead atoms. The van der Waals surface area contributed by atoms with Crippen LogP contribution in [0, 0.1) is 11.8 Å². The molecule has 3 N–H and O–H groups in total. The predicted octanol–water partition coefficient (Wildman–Crippen LogP) is 5.64. The molecule has 0 spiro atoms. The number of hydrogen-bond donors (Lipinski definition) is 3. The number of nitrogens with zero attached hydrogens (tertiary/aromatic N) is 1. The number of fused-ring (bicyclic) bond motifs is 1. The molecule has 216 valence electrons. The minimum Gasteiger partial charge on any atom is -0.508 e. The number of hydrogen-bond acceptors (Lipinski definition) is 5. The molecule has 7 heteroatoms. The Kier molecular flexibility index (Phi) is 7.42. The van der Waals surface area contributed by atoms with Gasteiger partial charge in [-0.05, 0) is 58.5 Å². The SMILES string of the molecule is CCc1ccc(N2C(=O)C3C(c4ccc(/C=C/c5ccccc5)cc4)NC(Cc4ccc(O)cc4)(C(=O)O)C3C2=O)cc1. The Hall–Kier alpha value is -5.01.